The van der Waals surface area contributed by atoms with Gasteiger partial charge in [-0.1, -0.05) is 12.1 Å². The van der Waals surface area contributed by atoms with Crippen LogP contribution in [0.3, 0.4) is 0 Å². The van der Waals surface area contributed by atoms with Crippen molar-refractivity contribution in [3.8, 4) is 0 Å². The Kier molecular flexibility index (Phi) is 4.24. The number of hydrogen-bond donors (Lipinski definition) is 2. The Bertz CT molecular complexity index is 526. The highest BCUT2D eigenvalue weighted by Gasteiger charge is 2.12. The van der Waals surface area contributed by atoms with Crippen molar-refractivity contribution < 1.29 is 9.21 Å². The Labute approximate surface area is 119 Å². The van der Waals surface area contributed by atoms with Crippen LogP contribution >= 0.6 is 22.6 Å². The summed E-state index contributed by atoms with van der Waals surface area (Å²) in [5, 5.41) is 5.61. The quantitative estimate of drug-likeness (QED) is 0.823. The van der Waals surface area contributed by atoms with Crippen molar-refractivity contribution in [3.63, 3.8) is 0 Å². The van der Waals surface area contributed by atoms with Crippen LogP contribution in [-0.2, 0) is 0 Å². The molecule has 0 bridgehead atoms. The van der Waals surface area contributed by atoms with Crippen molar-refractivity contribution in [2.24, 2.45) is 0 Å². The molecule has 0 radical (unpaired) electrons. The predicted octanol–water partition coefficient (Wildman–Crippen LogP) is 3.77. The van der Waals surface area contributed by atoms with Crippen LogP contribution in [0.4, 0.5) is 10.5 Å². The van der Waals surface area contributed by atoms with E-state index in [4.69, 9.17) is 4.42 Å². The topological polar surface area (TPSA) is 54.3 Å². The number of benzene rings is 1. The maximum atomic E-state index is 11.8. The van der Waals surface area contributed by atoms with E-state index in [1.54, 1.807) is 12.3 Å². The van der Waals surface area contributed by atoms with Gasteiger partial charge in [-0.05, 0) is 53.8 Å². The molecular formula is C13H13IN2O2. The summed E-state index contributed by atoms with van der Waals surface area (Å²) in [7, 11) is 0. The maximum absolute atomic E-state index is 11.8. The smallest absolute Gasteiger partial charge is 0.319 e. The molecule has 2 aromatic rings. The van der Waals surface area contributed by atoms with Crippen LogP contribution in [0.2, 0.25) is 0 Å². The Balaban J connectivity index is 1.95. The lowest BCUT2D eigenvalue weighted by atomic mass is 10.2. The number of nitrogens with one attached hydrogen (secondary N) is 2. The molecule has 0 aliphatic rings. The van der Waals surface area contributed by atoms with Gasteiger partial charge in [0.1, 0.15) is 5.76 Å². The van der Waals surface area contributed by atoms with Crippen molar-refractivity contribution in [1.82, 2.24) is 5.32 Å². The van der Waals surface area contributed by atoms with E-state index in [2.05, 4.69) is 33.2 Å². The molecule has 0 aliphatic carbocycles. The number of furan rings is 1. The number of para-hydroxylation sites is 1. The second-order valence-corrected chi connectivity index (χ2v) is 4.98. The van der Waals surface area contributed by atoms with Gasteiger partial charge in [-0.25, -0.2) is 4.79 Å². The molecular weight excluding hydrogens is 343 g/mol. The molecule has 2 amide bonds. The first-order valence-corrected chi connectivity index (χ1v) is 6.60. The van der Waals surface area contributed by atoms with E-state index in [-0.39, 0.29) is 12.1 Å². The fourth-order valence-electron chi connectivity index (χ4n) is 1.53. The van der Waals surface area contributed by atoms with E-state index in [1.807, 2.05) is 37.3 Å². The SMILES string of the molecule is CC(NC(=O)Nc1ccccc1I)c1ccco1. The van der Waals surface area contributed by atoms with Crippen LogP contribution in [0.25, 0.3) is 0 Å². The molecule has 5 heteroatoms. The largest absolute Gasteiger partial charge is 0.467 e. The summed E-state index contributed by atoms with van der Waals surface area (Å²) < 4.78 is 6.22. The Morgan fingerprint density at radius 2 is 2.06 bits per heavy atom. The van der Waals surface area contributed by atoms with Crippen molar-refractivity contribution in [3.05, 3.63) is 52.0 Å². The third kappa shape index (κ3) is 3.25. The predicted molar refractivity (Wildman–Crippen MR) is 78.4 cm³/mol. The lowest BCUT2D eigenvalue weighted by Crippen LogP contribution is -2.31. The van der Waals surface area contributed by atoms with Crippen molar-refractivity contribution in [1.29, 1.82) is 0 Å². The number of urea groups is 1. The summed E-state index contributed by atoms with van der Waals surface area (Å²) in [5.41, 5.74) is 0.794. The number of carbonyl (C=O) groups excluding carboxylic acids is 1. The summed E-state index contributed by atoms with van der Waals surface area (Å²) in [4.78, 5) is 11.8. The van der Waals surface area contributed by atoms with Gasteiger partial charge in [0.2, 0.25) is 0 Å². The van der Waals surface area contributed by atoms with Crippen LogP contribution in [0.15, 0.2) is 47.1 Å². The van der Waals surface area contributed by atoms with Crippen LogP contribution < -0.4 is 10.6 Å². The summed E-state index contributed by atoms with van der Waals surface area (Å²) in [5.74, 6) is 0.730. The average molecular weight is 356 g/mol. The van der Waals surface area contributed by atoms with Gasteiger partial charge in [-0.2, -0.15) is 0 Å². The average Bonchev–Trinajstić information content (AvgIpc) is 2.85. The van der Waals surface area contributed by atoms with E-state index in [1.165, 1.54) is 0 Å². The fraction of sp³-hybridized carbons (Fsp3) is 0.154. The molecule has 0 aliphatic heterocycles. The molecule has 0 spiro atoms. The highest BCUT2D eigenvalue weighted by molar-refractivity contribution is 14.1. The second-order valence-electron chi connectivity index (χ2n) is 3.82. The number of hydrogen-bond acceptors (Lipinski definition) is 2. The van der Waals surface area contributed by atoms with Crippen molar-refractivity contribution >= 4 is 34.3 Å². The van der Waals surface area contributed by atoms with Crippen LogP contribution in [0.1, 0.15) is 18.7 Å². The molecule has 0 saturated heterocycles. The molecule has 2 N–H and O–H groups in total. The van der Waals surface area contributed by atoms with Gasteiger partial charge < -0.3 is 15.1 Å². The Morgan fingerprint density at radius 3 is 2.72 bits per heavy atom. The first-order valence-electron chi connectivity index (χ1n) is 5.52. The molecule has 1 unspecified atom stereocenters. The van der Waals surface area contributed by atoms with Crippen LogP contribution in [0.5, 0.6) is 0 Å². The third-order valence-corrected chi connectivity index (χ3v) is 3.38. The van der Waals surface area contributed by atoms with E-state index in [0.717, 1.165) is 15.0 Å². The molecule has 1 aromatic heterocycles. The van der Waals surface area contributed by atoms with Crippen LogP contribution in [0, 0.1) is 3.57 Å². The Morgan fingerprint density at radius 1 is 1.28 bits per heavy atom. The number of halogens is 1. The number of anilines is 1. The molecule has 0 saturated carbocycles. The summed E-state index contributed by atoms with van der Waals surface area (Å²) in [6.07, 6.45) is 1.59. The first-order chi connectivity index (χ1) is 8.66. The summed E-state index contributed by atoms with van der Waals surface area (Å²) >= 11 is 2.18. The zero-order valence-electron chi connectivity index (χ0n) is 9.81. The summed E-state index contributed by atoms with van der Waals surface area (Å²) in [6.45, 7) is 1.87. The molecule has 2 rings (SSSR count). The normalized spacial score (nSPS) is 11.9. The first kappa shape index (κ1) is 12.9. The van der Waals surface area contributed by atoms with Gasteiger partial charge in [0.25, 0.3) is 0 Å². The highest BCUT2D eigenvalue weighted by atomic mass is 127. The number of rotatable bonds is 3. The molecule has 0 fully saturated rings. The fourth-order valence-corrected chi connectivity index (χ4v) is 2.05. The van der Waals surface area contributed by atoms with E-state index >= 15 is 0 Å². The minimum absolute atomic E-state index is 0.165. The highest BCUT2D eigenvalue weighted by Crippen LogP contribution is 2.17. The minimum Gasteiger partial charge on any atom is -0.467 e. The van der Waals surface area contributed by atoms with Gasteiger partial charge >= 0.3 is 6.03 Å². The lowest BCUT2D eigenvalue weighted by molar-refractivity contribution is 0.247. The zero-order chi connectivity index (χ0) is 13.0. The van der Waals surface area contributed by atoms with Gasteiger partial charge in [0.05, 0.1) is 18.0 Å². The third-order valence-electron chi connectivity index (χ3n) is 2.44. The second kappa shape index (κ2) is 5.90. The van der Waals surface area contributed by atoms with Gasteiger partial charge in [-0.3, -0.25) is 0 Å². The molecule has 94 valence electrons. The molecule has 1 heterocycles. The van der Waals surface area contributed by atoms with E-state index in [0.29, 0.717) is 0 Å². The summed E-state index contributed by atoms with van der Waals surface area (Å²) in [6, 6.07) is 10.8. The van der Waals surface area contributed by atoms with Gasteiger partial charge in [0, 0.05) is 3.57 Å². The maximum Gasteiger partial charge on any atom is 0.319 e. The van der Waals surface area contributed by atoms with Crippen molar-refractivity contribution in [2.45, 2.75) is 13.0 Å². The van der Waals surface area contributed by atoms with E-state index < -0.39 is 0 Å². The number of carbonyl (C=O) groups is 1. The molecule has 1 atom stereocenters. The van der Waals surface area contributed by atoms with Gasteiger partial charge in [0.15, 0.2) is 0 Å². The standard InChI is InChI=1S/C13H13IN2O2/c1-9(12-7-4-8-18-12)15-13(17)16-11-6-3-2-5-10(11)14/h2-9H,1H3,(H2,15,16,17). The van der Waals surface area contributed by atoms with Crippen molar-refractivity contribution in [2.75, 3.05) is 5.32 Å². The molecule has 4 nitrogen and oxygen atoms in total. The minimum atomic E-state index is -0.247. The zero-order valence-corrected chi connectivity index (χ0v) is 12.0. The van der Waals surface area contributed by atoms with Gasteiger partial charge in [-0.15, -0.1) is 0 Å². The monoisotopic (exact) mass is 356 g/mol. The van der Waals surface area contributed by atoms with E-state index in [9.17, 15) is 4.79 Å². The van der Waals surface area contributed by atoms with Crippen LogP contribution in [-0.4, -0.2) is 6.03 Å². The number of amides is 2. The molecule has 18 heavy (non-hydrogen) atoms. The Hall–Kier alpha value is -1.50. The lowest BCUT2D eigenvalue weighted by Gasteiger charge is -2.13. The molecule has 1 aromatic carbocycles.